The molecule has 1 unspecified atom stereocenters. The third kappa shape index (κ3) is 3.17. The predicted molar refractivity (Wildman–Crippen MR) is 60.3 cm³/mol. The largest absolute Gasteiger partial charge is 0.317 e. The fourth-order valence-corrected chi connectivity index (χ4v) is 3.61. The second-order valence-electron chi connectivity index (χ2n) is 4.43. The molecule has 1 saturated carbocycles. The molecule has 1 saturated heterocycles. The zero-order chi connectivity index (χ0) is 8.93. The molecule has 0 radical (unpaired) electrons. The Kier molecular flexibility index (Phi) is 3.98. The van der Waals surface area contributed by atoms with E-state index in [9.17, 15) is 0 Å². The van der Waals surface area contributed by atoms with E-state index in [1.54, 1.807) is 0 Å². The Morgan fingerprint density at radius 1 is 1.00 bits per heavy atom. The molecule has 2 heteroatoms. The summed E-state index contributed by atoms with van der Waals surface area (Å²) in [5.74, 6) is 2.45. The van der Waals surface area contributed by atoms with Gasteiger partial charge in [-0.15, -0.1) is 0 Å². The van der Waals surface area contributed by atoms with Crippen LogP contribution in [0.1, 0.15) is 38.5 Å². The van der Waals surface area contributed by atoms with Crippen molar-refractivity contribution in [3.05, 3.63) is 0 Å². The molecule has 2 rings (SSSR count). The summed E-state index contributed by atoms with van der Waals surface area (Å²) in [6.45, 7) is 2.51. The molecule has 1 aliphatic heterocycles. The average molecular weight is 199 g/mol. The van der Waals surface area contributed by atoms with Crippen molar-refractivity contribution in [3.63, 3.8) is 0 Å². The molecule has 1 nitrogen and oxygen atoms in total. The second kappa shape index (κ2) is 5.26. The summed E-state index contributed by atoms with van der Waals surface area (Å²) in [7, 11) is 0. The van der Waals surface area contributed by atoms with Crippen molar-refractivity contribution in [2.75, 3.05) is 18.8 Å². The van der Waals surface area contributed by atoms with E-state index in [1.807, 2.05) is 0 Å². The summed E-state index contributed by atoms with van der Waals surface area (Å²) in [5.41, 5.74) is 0. The fourth-order valence-electron chi connectivity index (χ4n) is 2.07. The zero-order valence-electron chi connectivity index (χ0n) is 8.43. The van der Waals surface area contributed by atoms with Crippen LogP contribution in [0.2, 0.25) is 0 Å². The molecule has 1 atom stereocenters. The van der Waals surface area contributed by atoms with E-state index < -0.39 is 0 Å². The van der Waals surface area contributed by atoms with Gasteiger partial charge in [0.05, 0.1) is 0 Å². The van der Waals surface area contributed by atoms with E-state index >= 15 is 0 Å². The van der Waals surface area contributed by atoms with Crippen LogP contribution in [-0.4, -0.2) is 24.1 Å². The minimum atomic E-state index is 1.01. The molecule has 1 N–H and O–H groups in total. The molecular weight excluding hydrogens is 178 g/mol. The third-order valence-corrected chi connectivity index (χ3v) is 4.92. The first-order chi connectivity index (χ1) is 6.45. The Labute approximate surface area is 86.0 Å². The molecule has 0 amide bonds. The van der Waals surface area contributed by atoms with Crippen LogP contribution in [0, 0.1) is 5.92 Å². The second-order valence-corrected chi connectivity index (χ2v) is 5.77. The van der Waals surface area contributed by atoms with Gasteiger partial charge in [-0.25, -0.2) is 0 Å². The van der Waals surface area contributed by atoms with Crippen LogP contribution in [-0.2, 0) is 0 Å². The minimum Gasteiger partial charge on any atom is -0.317 e. The first kappa shape index (κ1) is 9.85. The van der Waals surface area contributed by atoms with Gasteiger partial charge in [0.25, 0.3) is 0 Å². The number of thioether (sulfide) groups is 1. The van der Waals surface area contributed by atoms with Crippen LogP contribution in [0.5, 0.6) is 0 Å². The zero-order valence-corrected chi connectivity index (χ0v) is 9.24. The lowest BCUT2D eigenvalue weighted by atomic mass is 10.00. The van der Waals surface area contributed by atoms with Gasteiger partial charge in [-0.1, -0.05) is 6.42 Å². The minimum absolute atomic E-state index is 1.01. The van der Waals surface area contributed by atoms with Crippen LogP contribution >= 0.6 is 11.8 Å². The van der Waals surface area contributed by atoms with E-state index in [-0.39, 0.29) is 0 Å². The quantitative estimate of drug-likeness (QED) is 0.750. The SMILES string of the molecule is C1CNCCC(CSC2CCC2)C1. The highest BCUT2D eigenvalue weighted by atomic mass is 32.2. The van der Waals surface area contributed by atoms with Gasteiger partial charge >= 0.3 is 0 Å². The van der Waals surface area contributed by atoms with Crippen molar-refractivity contribution >= 4 is 11.8 Å². The van der Waals surface area contributed by atoms with Gasteiger partial charge in [0.15, 0.2) is 0 Å². The molecular formula is C11H21NS. The van der Waals surface area contributed by atoms with Crippen molar-refractivity contribution < 1.29 is 0 Å². The third-order valence-electron chi connectivity index (χ3n) is 3.32. The maximum atomic E-state index is 3.48. The standard InChI is InChI=1S/C11H21NS/c1-4-11(5-1)13-9-10-3-2-7-12-8-6-10/h10-12H,1-9H2. The van der Waals surface area contributed by atoms with Crippen LogP contribution in [0.15, 0.2) is 0 Å². The molecule has 0 aromatic rings. The molecule has 0 aromatic carbocycles. The first-order valence-electron chi connectivity index (χ1n) is 5.77. The Bertz CT molecular complexity index is 137. The predicted octanol–water partition coefficient (Wildman–Crippen LogP) is 2.66. The van der Waals surface area contributed by atoms with Crippen molar-refractivity contribution in [3.8, 4) is 0 Å². The number of hydrogen-bond donors (Lipinski definition) is 1. The maximum absolute atomic E-state index is 3.48. The average Bonchev–Trinajstić information content (AvgIpc) is 2.30. The number of hydrogen-bond acceptors (Lipinski definition) is 2. The Morgan fingerprint density at radius 2 is 1.92 bits per heavy atom. The molecule has 1 heterocycles. The molecule has 2 aliphatic rings. The summed E-state index contributed by atoms with van der Waals surface area (Å²) in [4.78, 5) is 0. The molecule has 0 spiro atoms. The van der Waals surface area contributed by atoms with E-state index in [2.05, 4.69) is 17.1 Å². The highest BCUT2D eigenvalue weighted by Gasteiger charge is 2.20. The smallest absolute Gasteiger partial charge is 0.00471 e. The molecule has 0 aromatic heterocycles. The van der Waals surface area contributed by atoms with Crippen molar-refractivity contribution in [1.82, 2.24) is 5.32 Å². The molecule has 13 heavy (non-hydrogen) atoms. The van der Waals surface area contributed by atoms with Gasteiger partial charge in [0, 0.05) is 5.25 Å². The van der Waals surface area contributed by atoms with Gasteiger partial charge < -0.3 is 5.32 Å². The molecule has 1 aliphatic carbocycles. The normalized spacial score (nSPS) is 30.9. The topological polar surface area (TPSA) is 12.0 Å². The summed E-state index contributed by atoms with van der Waals surface area (Å²) < 4.78 is 0. The number of nitrogens with one attached hydrogen (secondary N) is 1. The van der Waals surface area contributed by atoms with Gasteiger partial charge in [-0.2, -0.15) is 11.8 Å². The van der Waals surface area contributed by atoms with Crippen LogP contribution in [0.25, 0.3) is 0 Å². The number of rotatable bonds is 3. The van der Waals surface area contributed by atoms with Gasteiger partial charge in [-0.3, -0.25) is 0 Å². The first-order valence-corrected chi connectivity index (χ1v) is 6.82. The lowest BCUT2D eigenvalue weighted by molar-refractivity contribution is 0.505. The van der Waals surface area contributed by atoms with Crippen LogP contribution in [0.3, 0.4) is 0 Å². The fraction of sp³-hybridized carbons (Fsp3) is 1.00. The van der Waals surface area contributed by atoms with E-state index in [4.69, 9.17) is 0 Å². The molecule has 2 fully saturated rings. The van der Waals surface area contributed by atoms with E-state index in [1.165, 1.54) is 57.4 Å². The van der Waals surface area contributed by atoms with Crippen molar-refractivity contribution in [1.29, 1.82) is 0 Å². The summed E-state index contributed by atoms with van der Waals surface area (Å²) >= 11 is 2.25. The monoisotopic (exact) mass is 199 g/mol. The van der Waals surface area contributed by atoms with Gasteiger partial charge in [-0.05, 0) is 56.9 Å². The maximum Gasteiger partial charge on any atom is 0.00471 e. The highest BCUT2D eigenvalue weighted by molar-refractivity contribution is 7.99. The van der Waals surface area contributed by atoms with Gasteiger partial charge in [0.1, 0.15) is 0 Å². The lowest BCUT2D eigenvalue weighted by Gasteiger charge is -2.26. The highest BCUT2D eigenvalue weighted by Crippen LogP contribution is 2.33. The van der Waals surface area contributed by atoms with Gasteiger partial charge in [0.2, 0.25) is 0 Å². The summed E-state index contributed by atoms with van der Waals surface area (Å²) in [6.07, 6.45) is 8.76. The van der Waals surface area contributed by atoms with Crippen molar-refractivity contribution in [2.24, 2.45) is 5.92 Å². The van der Waals surface area contributed by atoms with E-state index in [0.717, 1.165) is 11.2 Å². The molecule has 0 bridgehead atoms. The van der Waals surface area contributed by atoms with Crippen molar-refractivity contribution in [2.45, 2.75) is 43.8 Å². The Morgan fingerprint density at radius 3 is 2.69 bits per heavy atom. The molecule has 76 valence electrons. The Balaban J connectivity index is 1.61. The van der Waals surface area contributed by atoms with E-state index in [0.29, 0.717) is 0 Å². The summed E-state index contributed by atoms with van der Waals surface area (Å²) in [5, 5.41) is 4.52. The van der Waals surface area contributed by atoms with Crippen LogP contribution in [0.4, 0.5) is 0 Å². The van der Waals surface area contributed by atoms with Crippen LogP contribution < -0.4 is 5.32 Å². The Hall–Kier alpha value is 0.310. The summed E-state index contributed by atoms with van der Waals surface area (Å²) in [6, 6.07) is 0. The lowest BCUT2D eigenvalue weighted by Crippen LogP contribution is -2.17.